The van der Waals surface area contributed by atoms with Crippen LogP contribution in [0.1, 0.15) is 26.2 Å². The van der Waals surface area contributed by atoms with Gasteiger partial charge in [0.1, 0.15) is 12.4 Å². The molecule has 2 amide bonds. The molecule has 0 heterocycles. The standard InChI is InChI=1S/C16H23ClN2O3/c1-16(11-20)8-4-7-14(16)19-15(21)18-9-10-22-13-6-3-2-5-12(13)17/h2-3,5-6,14,20H,4,7-11H2,1H3,(H2,18,19,21). The minimum atomic E-state index is -0.227. The van der Waals surface area contributed by atoms with E-state index >= 15 is 0 Å². The number of benzene rings is 1. The Balaban J connectivity index is 1.69. The second-order valence-electron chi connectivity index (χ2n) is 5.94. The fraction of sp³-hybridized carbons (Fsp3) is 0.562. The molecular weight excluding hydrogens is 304 g/mol. The zero-order chi connectivity index (χ0) is 16.0. The van der Waals surface area contributed by atoms with E-state index in [9.17, 15) is 9.90 Å². The molecule has 0 spiro atoms. The van der Waals surface area contributed by atoms with Gasteiger partial charge in [-0.2, -0.15) is 0 Å². The number of amides is 2. The average Bonchev–Trinajstić information content (AvgIpc) is 2.87. The van der Waals surface area contributed by atoms with Gasteiger partial charge in [-0.05, 0) is 25.0 Å². The first-order valence-electron chi connectivity index (χ1n) is 7.58. The minimum absolute atomic E-state index is 0.0157. The molecule has 1 saturated carbocycles. The molecule has 0 aliphatic heterocycles. The summed E-state index contributed by atoms with van der Waals surface area (Å²) < 4.78 is 5.50. The number of aliphatic hydroxyl groups is 1. The average molecular weight is 327 g/mol. The second-order valence-corrected chi connectivity index (χ2v) is 6.34. The van der Waals surface area contributed by atoms with Crippen molar-refractivity contribution in [3.8, 4) is 5.75 Å². The van der Waals surface area contributed by atoms with E-state index in [1.807, 2.05) is 19.1 Å². The molecule has 22 heavy (non-hydrogen) atoms. The van der Waals surface area contributed by atoms with Crippen molar-refractivity contribution >= 4 is 17.6 Å². The number of nitrogens with one attached hydrogen (secondary N) is 2. The number of halogens is 1. The van der Waals surface area contributed by atoms with Crippen LogP contribution in [0.3, 0.4) is 0 Å². The first-order chi connectivity index (χ1) is 10.5. The molecule has 2 unspecified atom stereocenters. The molecular formula is C16H23ClN2O3. The first-order valence-corrected chi connectivity index (χ1v) is 7.95. The molecule has 0 bridgehead atoms. The summed E-state index contributed by atoms with van der Waals surface area (Å²) in [6.07, 6.45) is 2.86. The van der Waals surface area contributed by atoms with E-state index in [-0.39, 0.29) is 24.1 Å². The minimum Gasteiger partial charge on any atom is -0.490 e. The largest absolute Gasteiger partial charge is 0.490 e. The Hall–Kier alpha value is -1.46. The van der Waals surface area contributed by atoms with Crippen molar-refractivity contribution in [3.05, 3.63) is 29.3 Å². The molecule has 0 aromatic heterocycles. The maximum atomic E-state index is 11.9. The topological polar surface area (TPSA) is 70.6 Å². The van der Waals surface area contributed by atoms with E-state index in [2.05, 4.69) is 10.6 Å². The summed E-state index contributed by atoms with van der Waals surface area (Å²) in [5.74, 6) is 0.607. The number of rotatable bonds is 6. The third kappa shape index (κ3) is 4.27. The summed E-state index contributed by atoms with van der Waals surface area (Å²) in [6, 6.07) is 7.01. The van der Waals surface area contributed by atoms with Crippen LogP contribution < -0.4 is 15.4 Å². The summed E-state index contributed by atoms with van der Waals surface area (Å²) in [5.41, 5.74) is -0.217. The molecule has 1 aromatic rings. The lowest BCUT2D eigenvalue weighted by Gasteiger charge is -2.30. The van der Waals surface area contributed by atoms with Gasteiger partial charge in [-0.1, -0.05) is 37.1 Å². The van der Waals surface area contributed by atoms with Crippen LogP contribution in [0.4, 0.5) is 4.79 Å². The van der Waals surface area contributed by atoms with E-state index in [4.69, 9.17) is 16.3 Å². The van der Waals surface area contributed by atoms with E-state index < -0.39 is 0 Å². The van der Waals surface area contributed by atoms with Crippen LogP contribution in [0.25, 0.3) is 0 Å². The third-order valence-corrected chi connectivity index (χ3v) is 4.54. The van der Waals surface area contributed by atoms with Crippen molar-refractivity contribution in [1.29, 1.82) is 0 Å². The van der Waals surface area contributed by atoms with Crippen molar-refractivity contribution in [2.45, 2.75) is 32.2 Å². The van der Waals surface area contributed by atoms with Crippen molar-refractivity contribution in [2.24, 2.45) is 5.41 Å². The maximum Gasteiger partial charge on any atom is 0.315 e. The van der Waals surface area contributed by atoms with Gasteiger partial charge in [0, 0.05) is 11.5 Å². The van der Waals surface area contributed by atoms with E-state index in [0.717, 1.165) is 19.3 Å². The van der Waals surface area contributed by atoms with Crippen molar-refractivity contribution in [2.75, 3.05) is 19.8 Å². The molecule has 2 atom stereocenters. The predicted octanol–water partition coefficient (Wildman–Crippen LogP) is 2.57. The van der Waals surface area contributed by atoms with Crippen LogP contribution in [0.5, 0.6) is 5.75 Å². The Morgan fingerprint density at radius 1 is 1.50 bits per heavy atom. The van der Waals surface area contributed by atoms with Gasteiger partial charge in [0.25, 0.3) is 0 Å². The monoisotopic (exact) mass is 326 g/mol. The molecule has 6 heteroatoms. The summed E-state index contributed by atoms with van der Waals surface area (Å²) in [7, 11) is 0. The highest BCUT2D eigenvalue weighted by molar-refractivity contribution is 6.32. The van der Waals surface area contributed by atoms with Gasteiger partial charge in [-0.15, -0.1) is 0 Å². The Morgan fingerprint density at radius 2 is 2.27 bits per heavy atom. The fourth-order valence-corrected chi connectivity index (χ4v) is 2.96. The highest BCUT2D eigenvalue weighted by Crippen LogP contribution is 2.37. The zero-order valence-corrected chi connectivity index (χ0v) is 13.5. The molecule has 1 fully saturated rings. The molecule has 122 valence electrons. The van der Waals surface area contributed by atoms with Gasteiger partial charge >= 0.3 is 6.03 Å². The molecule has 1 aliphatic carbocycles. The molecule has 0 radical (unpaired) electrons. The van der Waals surface area contributed by atoms with Gasteiger partial charge < -0.3 is 20.5 Å². The van der Waals surface area contributed by atoms with Crippen molar-refractivity contribution < 1.29 is 14.6 Å². The number of aliphatic hydroxyl groups excluding tert-OH is 1. The van der Waals surface area contributed by atoms with Crippen LogP contribution >= 0.6 is 11.6 Å². The SMILES string of the molecule is CC1(CO)CCCC1NC(=O)NCCOc1ccccc1Cl. The number of carbonyl (C=O) groups excluding carboxylic acids is 1. The Kier molecular flexibility index (Phi) is 5.91. The number of hydrogen-bond donors (Lipinski definition) is 3. The van der Waals surface area contributed by atoms with Gasteiger partial charge in [0.05, 0.1) is 18.2 Å². The fourth-order valence-electron chi connectivity index (χ4n) is 2.76. The van der Waals surface area contributed by atoms with Crippen LogP contribution in [0, 0.1) is 5.41 Å². The lowest BCUT2D eigenvalue weighted by atomic mass is 9.86. The van der Waals surface area contributed by atoms with Crippen LogP contribution in [-0.4, -0.2) is 36.9 Å². The van der Waals surface area contributed by atoms with Gasteiger partial charge in [-0.25, -0.2) is 4.79 Å². The smallest absolute Gasteiger partial charge is 0.315 e. The quantitative estimate of drug-likeness (QED) is 0.704. The number of ether oxygens (including phenoxy) is 1. The van der Waals surface area contributed by atoms with Gasteiger partial charge in [0.15, 0.2) is 0 Å². The van der Waals surface area contributed by atoms with Crippen LogP contribution in [-0.2, 0) is 0 Å². The molecule has 1 aromatic carbocycles. The summed E-state index contributed by atoms with van der Waals surface area (Å²) in [5, 5.41) is 15.7. The first kappa shape index (κ1) is 16.9. The van der Waals surface area contributed by atoms with Crippen LogP contribution in [0.15, 0.2) is 24.3 Å². The Labute approximate surface area is 136 Å². The van der Waals surface area contributed by atoms with E-state index in [1.54, 1.807) is 12.1 Å². The third-order valence-electron chi connectivity index (χ3n) is 4.23. The summed E-state index contributed by atoms with van der Waals surface area (Å²) >= 11 is 5.98. The number of hydrogen-bond acceptors (Lipinski definition) is 3. The Morgan fingerprint density at radius 3 is 3.00 bits per heavy atom. The number of urea groups is 1. The highest BCUT2D eigenvalue weighted by Gasteiger charge is 2.38. The molecule has 3 N–H and O–H groups in total. The van der Waals surface area contributed by atoms with Crippen molar-refractivity contribution in [3.63, 3.8) is 0 Å². The van der Waals surface area contributed by atoms with E-state index in [0.29, 0.717) is 23.9 Å². The lowest BCUT2D eigenvalue weighted by molar-refractivity contribution is 0.121. The predicted molar refractivity (Wildman–Crippen MR) is 86.3 cm³/mol. The number of carbonyl (C=O) groups is 1. The molecule has 1 aliphatic rings. The normalized spacial score (nSPS) is 24.0. The molecule has 2 rings (SSSR count). The van der Waals surface area contributed by atoms with Crippen LogP contribution in [0.2, 0.25) is 5.02 Å². The zero-order valence-electron chi connectivity index (χ0n) is 12.8. The number of para-hydroxylation sites is 1. The highest BCUT2D eigenvalue weighted by atomic mass is 35.5. The summed E-state index contributed by atoms with van der Waals surface area (Å²) in [4.78, 5) is 11.9. The van der Waals surface area contributed by atoms with Crippen molar-refractivity contribution in [1.82, 2.24) is 10.6 Å². The molecule has 5 nitrogen and oxygen atoms in total. The summed E-state index contributed by atoms with van der Waals surface area (Å²) in [6.45, 7) is 2.83. The van der Waals surface area contributed by atoms with E-state index in [1.165, 1.54) is 0 Å². The lowest BCUT2D eigenvalue weighted by Crippen LogP contribution is -2.49. The second kappa shape index (κ2) is 7.70. The molecule has 0 saturated heterocycles. The Bertz CT molecular complexity index is 512. The maximum absolute atomic E-state index is 11.9. The van der Waals surface area contributed by atoms with Gasteiger partial charge in [-0.3, -0.25) is 0 Å². The van der Waals surface area contributed by atoms with Gasteiger partial charge in [0.2, 0.25) is 0 Å².